The van der Waals surface area contributed by atoms with E-state index in [0.29, 0.717) is 11.3 Å². The Labute approximate surface area is 91.1 Å². The molecule has 0 unspecified atom stereocenters. The van der Waals surface area contributed by atoms with Gasteiger partial charge in [-0.05, 0) is 19.1 Å². The van der Waals surface area contributed by atoms with E-state index >= 15 is 0 Å². The van der Waals surface area contributed by atoms with Crippen LogP contribution < -0.4 is 5.56 Å². The Morgan fingerprint density at radius 3 is 2.88 bits per heavy atom. The lowest BCUT2D eigenvalue weighted by Gasteiger charge is -2.03. The Balaban J connectivity index is 2.87. The van der Waals surface area contributed by atoms with E-state index in [1.54, 1.807) is 25.1 Å². The summed E-state index contributed by atoms with van der Waals surface area (Å²) in [5, 5.41) is 0.264. The van der Waals surface area contributed by atoms with Crippen LogP contribution in [0.25, 0.3) is 10.9 Å². The molecule has 1 aromatic heterocycles. The molecule has 0 aliphatic carbocycles. The highest BCUT2D eigenvalue weighted by Gasteiger charge is 2.13. The van der Waals surface area contributed by atoms with Gasteiger partial charge in [0.25, 0.3) is 5.56 Å². The summed E-state index contributed by atoms with van der Waals surface area (Å²) >= 11 is 0. The van der Waals surface area contributed by atoms with E-state index in [2.05, 4.69) is 14.7 Å². The van der Waals surface area contributed by atoms with Crippen molar-refractivity contribution in [1.82, 2.24) is 9.97 Å². The van der Waals surface area contributed by atoms with Crippen LogP contribution in [0.15, 0.2) is 23.0 Å². The fourth-order valence-corrected chi connectivity index (χ4v) is 1.59. The maximum atomic E-state index is 11.7. The molecule has 2 aromatic rings. The van der Waals surface area contributed by atoms with Crippen molar-refractivity contribution >= 4 is 16.9 Å². The second-order valence-electron chi connectivity index (χ2n) is 3.34. The van der Waals surface area contributed by atoms with Gasteiger partial charge in [-0.15, -0.1) is 0 Å². The molecule has 0 amide bonds. The lowest BCUT2D eigenvalue weighted by atomic mass is 10.1. The molecule has 2 rings (SSSR count). The first-order valence-corrected chi connectivity index (χ1v) is 4.71. The smallest absolute Gasteiger partial charge is 0.338 e. The lowest BCUT2D eigenvalue weighted by Crippen LogP contribution is -2.14. The number of nitrogens with one attached hydrogen (secondary N) is 1. The van der Waals surface area contributed by atoms with Gasteiger partial charge in [-0.3, -0.25) is 4.79 Å². The molecule has 0 fully saturated rings. The Morgan fingerprint density at radius 1 is 1.44 bits per heavy atom. The topological polar surface area (TPSA) is 72.0 Å². The van der Waals surface area contributed by atoms with Crippen molar-refractivity contribution < 1.29 is 9.53 Å². The minimum absolute atomic E-state index is 0.230. The van der Waals surface area contributed by atoms with Crippen molar-refractivity contribution in [3.8, 4) is 0 Å². The Bertz CT molecular complexity index is 616. The highest BCUT2D eigenvalue weighted by molar-refractivity contribution is 6.02. The number of fused-ring (bicyclic) bond motifs is 1. The molecule has 0 spiro atoms. The number of aryl methyl sites for hydroxylation is 1. The van der Waals surface area contributed by atoms with Crippen LogP contribution in [0.2, 0.25) is 0 Å². The van der Waals surface area contributed by atoms with Crippen LogP contribution in [0.3, 0.4) is 0 Å². The third-order valence-corrected chi connectivity index (χ3v) is 2.26. The van der Waals surface area contributed by atoms with Gasteiger partial charge in [0.2, 0.25) is 0 Å². The normalized spacial score (nSPS) is 10.4. The molecule has 0 bridgehead atoms. The zero-order valence-electron chi connectivity index (χ0n) is 8.90. The summed E-state index contributed by atoms with van der Waals surface area (Å²) in [5.41, 5.74) is 0.390. The maximum absolute atomic E-state index is 11.7. The lowest BCUT2D eigenvalue weighted by molar-refractivity contribution is 0.0603. The van der Waals surface area contributed by atoms with Crippen molar-refractivity contribution in [3.05, 3.63) is 39.9 Å². The molecular formula is C11H10N2O3. The fourth-order valence-electron chi connectivity index (χ4n) is 1.59. The monoisotopic (exact) mass is 218 g/mol. The molecule has 5 heteroatoms. The molecule has 0 saturated carbocycles. The standard InChI is InChI=1S/C11H10N2O3/c1-6-12-8-5-3-4-7(11(15)16-2)9(8)10(14)13-6/h3-5H,1-2H3,(H,12,13,14). The second kappa shape index (κ2) is 3.77. The number of ether oxygens (including phenoxy) is 1. The molecule has 16 heavy (non-hydrogen) atoms. The first-order chi connectivity index (χ1) is 7.63. The number of aromatic amines is 1. The minimum Gasteiger partial charge on any atom is -0.465 e. The van der Waals surface area contributed by atoms with Gasteiger partial charge in [0.05, 0.1) is 23.6 Å². The van der Waals surface area contributed by atoms with Gasteiger partial charge >= 0.3 is 5.97 Å². The number of esters is 1. The first-order valence-electron chi connectivity index (χ1n) is 4.71. The van der Waals surface area contributed by atoms with E-state index in [9.17, 15) is 9.59 Å². The van der Waals surface area contributed by atoms with Gasteiger partial charge in [0, 0.05) is 0 Å². The predicted molar refractivity (Wildman–Crippen MR) is 58.4 cm³/mol. The molecule has 0 aliphatic rings. The average molecular weight is 218 g/mol. The molecule has 82 valence electrons. The third kappa shape index (κ3) is 1.56. The van der Waals surface area contributed by atoms with Crippen LogP contribution in [0.5, 0.6) is 0 Å². The number of benzene rings is 1. The van der Waals surface area contributed by atoms with Crippen molar-refractivity contribution in [2.75, 3.05) is 7.11 Å². The van der Waals surface area contributed by atoms with E-state index < -0.39 is 5.97 Å². The number of hydrogen-bond acceptors (Lipinski definition) is 4. The molecule has 1 aromatic carbocycles. The average Bonchev–Trinajstić information content (AvgIpc) is 2.26. The summed E-state index contributed by atoms with van der Waals surface area (Å²) in [6.45, 7) is 1.69. The SMILES string of the molecule is COC(=O)c1cccc2nc(C)[nH]c(=O)c12. The largest absolute Gasteiger partial charge is 0.465 e. The molecule has 0 radical (unpaired) electrons. The molecule has 0 atom stereocenters. The number of rotatable bonds is 1. The number of H-pyrrole nitrogens is 1. The van der Waals surface area contributed by atoms with Gasteiger partial charge < -0.3 is 9.72 Å². The van der Waals surface area contributed by atoms with Gasteiger partial charge in [-0.2, -0.15) is 0 Å². The first kappa shape index (κ1) is 10.4. The van der Waals surface area contributed by atoms with Gasteiger partial charge in [0.15, 0.2) is 0 Å². The molecule has 1 heterocycles. The minimum atomic E-state index is -0.540. The van der Waals surface area contributed by atoms with Crippen molar-refractivity contribution in [3.63, 3.8) is 0 Å². The van der Waals surface area contributed by atoms with Crippen molar-refractivity contribution in [2.45, 2.75) is 6.92 Å². The van der Waals surface area contributed by atoms with E-state index in [1.165, 1.54) is 7.11 Å². The summed E-state index contributed by atoms with van der Waals surface area (Å²) in [5.74, 6) is -0.0266. The van der Waals surface area contributed by atoms with E-state index in [4.69, 9.17) is 0 Å². The summed E-state index contributed by atoms with van der Waals surface area (Å²) < 4.78 is 4.61. The van der Waals surface area contributed by atoms with E-state index in [1.807, 2.05) is 0 Å². The van der Waals surface area contributed by atoms with Gasteiger partial charge in [-0.1, -0.05) is 6.07 Å². The predicted octanol–water partition coefficient (Wildman–Crippen LogP) is 1.02. The number of hydrogen-bond donors (Lipinski definition) is 1. The van der Waals surface area contributed by atoms with Crippen molar-refractivity contribution in [1.29, 1.82) is 0 Å². The number of methoxy groups -OCH3 is 1. The molecular weight excluding hydrogens is 208 g/mol. The van der Waals surface area contributed by atoms with Gasteiger partial charge in [-0.25, -0.2) is 9.78 Å². The van der Waals surface area contributed by atoms with Crippen LogP contribution in [-0.2, 0) is 4.74 Å². The number of carbonyl (C=O) groups is 1. The summed E-state index contributed by atoms with van der Waals surface area (Å²) in [7, 11) is 1.27. The van der Waals surface area contributed by atoms with Crippen LogP contribution in [0, 0.1) is 6.92 Å². The van der Waals surface area contributed by atoms with E-state index in [0.717, 1.165) is 0 Å². The van der Waals surface area contributed by atoms with Crippen LogP contribution in [-0.4, -0.2) is 23.0 Å². The highest BCUT2D eigenvalue weighted by Crippen LogP contribution is 2.13. The molecule has 0 aliphatic heterocycles. The van der Waals surface area contributed by atoms with Crippen molar-refractivity contribution in [2.24, 2.45) is 0 Å². The summed E-state index contributed by atoms with van der Waals surface area (Å²) in [6.07, 6.45) is 0. The second-order valence-corrected chi connectivity index (χ2v) is 3.34. The Hall–Kier alpha value is -2.17. The van der Waals surface area contributed by atoms with Crippen LogP contribution >= 0.6 is 0 Å². The summed E-state index contributed by atoms with van der Waals surface area (Å²) in [4.78, 5) is 29.9. The zero-order chi connectivity index (χ0) is 11.7. The summed E-state index contributed by atoms with van der Waals surface area (Å²) in [6, 6.07) is 4.89. The van der Waals surface area contributed by atoms with Crippen LogP contribution in [0.1, 0.15) is 16.2 Å². The fraction of sp³-hybridized carbons (Fsp3) is 0.182. The maximum Gasteiger partial charge on any atom is 0.338 e. The highest BCUT2D eigenvalue weighted by atomic mass is 16.5. The third-order valence-electron chi connectivity index (χ3n) is 2.26. The molecule has 5 nitrogen and oxygen atoms in total. The Morgan fingerprint density at radius 2 is 2.19 bits per heavy atom. The molecule has 1 N–H and O–H groups in total. The number of nitrogens with zero attached hydrogens (tertiary/aromatic N) is 1. The van der Waals surface area contributed by atoms with Crippen LogP contribution in [0.4, 0.5) is 0 Å². The number of carbonyl (C=O) groups excluding carboxylic acids is 1. The van der Waals surface area contributed by atoms with E-state index in [-0.39, 0.29) is 16.5 Å². The number of aromatic nitrogens is 2. The van der Waals surface area contributed by atoms with Gasteiger partial charge in [0.1, 0.15) is 5.82 Å². The zero-order valence-corrected chi connectivity index (χ0v) is 8.90. The molecule has 0 saturated heterocycles. The Kier molecular flexibility index (Phi) is 2.44. The quantitative estimate of drug-likeness (QED) is 0.725.